The van der Waals surface area contributed by atoms with Gasteiger partial charge in [0.1, 0.15) is 0 Å². The molecule has 0 aliphatic carbocycles. The summed E-state index contributed by atoms with van der Waals surface area (Å²) in [5, 5.41) is 20.2. The van der Waals surface area contributed by atoms with Crippen LogP contribution in [0, 0.1) is 6.92 Å². The smallest absolute Gasteiger partial charge is 0.323 e. The summed E-state index contributed by atoms with van der Waals surface area (Å²) in [7, 11) is 0. The van der Waals surface area contributed by atoms with Gasteiger partial charge in [-0.05, 0) is 69.9 Å². The minimum atomic E-state index is -0.365. The van der Waals surface area contributed by atoms with Crippen LogP contribution in [0.2, 0.25) is 0 Å². The van der Waals surface area contributed by atoms with Crippen molar-refractivity contribution >= 4 is 33.3 Å². The highest BCUT2D eigenvalue weighted by molar-refractivity contribution is 9.10. The van der Waals surface area contributed by atoms with Gasteiger partial charge in [0.25, 0.3) is 0 Å². The van der Waals surface area contributed by atoms with Crippen molar-refractivity contribution in [3.63, 3.8) is 0 Å². The number of benzene rings is 3. The standard InChI is InChI=1S/C24H23BrN6O2/c1-3-12-33-22-20(25)13-16(18-6-4-5-7-19(18)23-28-30-31-29-23)14-21(22)27-24(32)26-17-10-8-15(2)9-11-17/h4-11,13-14H,3,12H2,1-2H3,(H2,26,27,32)(H,28,29,30,31). The molecule has 3 N–H and O–H groups in total. The van der Waals surface area contributed by atoms with Gasteiger partial charge in [0.15, 0.2) is 5.75 Å². The maximum Gasteiger partial charge on any atom is 0.323 e. The largest absolute Gasteiger partial charge is 0.490 e. The topological polar surface area (TPSA) is 105 Å². The molecule has 0 bridgehead atoms. The van der Waals surface area contributed by atoms with Gasteiger partial charge in [-0.2, -0.15) is 5.21 Å². The van der Waals surface area contributed by atoms with Crippen molar-refractivity contribution in [1.29, 1.82) is 0 Å². The van der Waals surface area contributed by atoms with Crippen LogP contribution >= 0.6 is 15.9 Å². The molecule has 1 heterocycles. The number of rotatable bonds is 7. The summed E-state index contributed by atoms with van der Waals surface area (Å²) in [4.78, 5) is 12.8. The molecule has 3 aromatic carbocycles. The fraction of sp³-hybridized carbons (Fsp3) is 0.167. The highest BCUT2D eigenvalue weighted by Crippen LogP contribution is 2.40. The van der Waals surface area contributed by atoms with Gasteiger partial charge in [0, 0.05) is 11.3 Å². The molecular weight excluding hydrogens is 484 g/mol. The second-order valence-electron chi connectivity index (χ2n) is 7.41. The normalized spacial score (nSPS) is 10.6. The molecule has 2 amide bonds. The van der Waals surface area contributed by atoms with Crippen molar-refractivity contribution in [2.75, 3.05) is 17.2 Å². The molecule has 4 aromatic rings. The Morgan fingerprint density at radius 3 is 2.52 bits per heavy atom. The number of urea groups is 1. The van der Waals surface area contributed by atoms with Gasteiger partial charge in [0.05, 0.1) is 16.8 Å². The number of tetrazole rings is 1. The van der Waals surface area contributed by atoms with Crippen LogP contribution in [0.3, 0.4) is 0 Å². The number of aromatic nitrogens is 4. The van der Waals surface area contributed by atoms with Crippen LogP contribution < -0.4 is 15.4 Å². The number of anilines is 2. The van der Waals surface area contributed by atoms with Crippen LogP contribution in [-0.4, -0.2) is 33.3 Å². The Bertz CT molecular complexity index is 1240. The molecule has 0 fully saturated rings. The minimum Gasteiger partial charge on any atom is -0.490 e. The third kappa shape index (κ3) is 5.38. The number of carbonyl (C=O) groups excluding carboxylic acids is 1. The molecule has 0 spiro atoms. The molecule has 168 valence electrons. The quantitative estimate of drug-likeness (QED) is 0.283. The van der Waals surface area contributed by atoms with Crippen LogP contribution in [0.5, 0.6) is 5.75 Å². The highest BCUT2D eigenvalue weighted by atomic mass is 79.9. The number of carbonyl (C=O) groups is 1. The first-order chi connectivity index (χ1) is 16.0. The number of hydrogen-bond donors (Lipinski definition) is 3. The van der Waals surface area contributed by atoms with Crippen molar-refractivity contribution in [2.24, 2.45) is 0 Å². The summed E-state index contributed by atoms with van der Waals surface area (Å²) in [6.45, 7) is 4.54. The van der Waals surface area contributed by atoms with E-state index in [0.29, 0.717) is 29.6 Å². The Morgan fingerprint density at radius 1 is 1.06 bits per heavy atom. The molecule has 1 aromatic heterocycles. The number of aromatic amines is 1. The lowest BCUT2D eigenvalue weighted by atomic mass is 9.98. The van der Waals surface area contributed by atoms with Crippen LogP contribution in [0.25, 0.3) is 22.5 Å². The maximum atomic E-state index is 12.8. The third-order valence-corrected chi connectivity index (χ3v) is 5.47. The Kier molecular flexibility index (Phi) is 6.99. The first kappa shape index (κ1) is 22.5. The van der Waals surface area contributed by atoms with Crippen molar-refractivity contribution < 1.29 is 9.53 Å². The number of nitrogens with zero attached hydrogens (tertiary/aromatic N) is 3. The maximum absolute atomic E-state index is 12.8. The minimum absolute atomic E-state index is 0.365. The van der Waals surface area contributed by atoms with Crippen molar-refractivity contribution in [1.82, 2.24) is 20.6 Å². The molecule has 0 atom stereocenters. The predicted molar refractivity (Wildman–Crippen MR) is 132 cm³/mol. The van der Waals surface area contributed by atoms with E-state index in [4.69, 9.17) is 4.74 Å². The molecule has 0 aliphatic rings. The molecular formula is C24H23BrN6O2. The molecule has 4 rings (SSSR count). The second-order valence-corrected chi connectivity index (χ2v) is 8.26. The number of halogens is 1. The number of H-pyrrole nitrogens is 1. The van der Waals surface area contributed by atoms with Gasteiger partial charge in [-0.3, -0.25) is 0 Å². The molecule has 0 aliphatic heterocycles. The van der Waals surface area contributed by atoms with Crippen molar-refractivity contribution in [3.8, 4) is 28.3 Å². The highest BCUT2D eigenvalue weighted by Gasteiger charge is 2.17. The van der Waals surface area contributed by atoms with Gasteiger partial charge in [-0.25, -0.2) is 4.79 Å². The van der Waals surface area contributed by atoms with E-state index < -0.39 is 0 Å². The van der Waals surface area contributed by atoms with Crippen molar-refractivity contribution in [2.45, 2.75) is 20.3 Å². The van der Waals surface area contributed by atoms with Gasteiger partial charge in [-0.15, -0.1) is 10.2 Å². The average Bonchev–Trinajstić information content (AvgIpc) is 3.35. The lowest BCUT2D eigenvalue weighted by Crippen LogP contribution is -2.20. The van der Waals surface area contributed by atoms with E-state index in [0.717, 1.165) is 33.1 Å². The van der Waals surface area contributed by atoms with E-state index in [9.17, 15) is 4.79 Å². The monoisotopic (exact) mass is 506 g/mol. The number of aryl methyl sites for hydroxylation is 1. The average molecular weight is 507 g/mol. The zero-order chi connectivity index (χ0) is 23.2. The summed E-state index contributed by atoms with van der Waals surface area (Å²) in [5.74, 6) is 1.05. The first-order valence-electron chi connectivity index (χ1n) is 10.5. The van der Waals surface area contributed by atoms with Gasteiger partial charge < -0.3 is 15.4 Å². The fourth-order valence-electron chi connectivity index (χ4n) is 3.32. The first-order valence-corrected chi connectivity index (χ1v) is 11.3. The molecule has 33 heavy (non-hydrogen) atoms. The zero-order valence-corrected chi connectivity index (χ0v) is 19.8. The Morgan fingerprint density at radius 2 is 1.82 bits per heavy atom. The van der Waals surface area contributed by atoms with Gasteiger partial charge in [-0.1, -0.05) is 48.9 Å². The number of nitrogens with one attached hydrogen (secondary N) is 3. The van der Waals surface area contributed by atoms with E-state index >= 15 is 0 Å². The van der Waals surface area contributed by atoms with E-state index in [1.807, 2.05) is 74.5 Å². The molecule has 9 heteroatoms. The molecule has 0 saturated heterocycles. The van der Waals surface area contributed by atoms with E-state index in [1.165, 1.54) is 0 Å². The van der Waals surface area contributed by atoms with E-state index in [1.54, 1.807) is 0 Å². The van der Waals surface area contributed by atoms with Gasteiger partial charge in [0.2, 0.25) is 5.82 Å². The van der Waals surface area contributed by atoms with Gasteiger partial charge >= 0.3 is 6.03 Å². The second kappa shape index (κ2) is 10.3. The van der Waals surface area contributed by atoms with Crippen LogP contribution in [0.15, 0.2) is 65.1 Å². The summed E-state index contributed by atoms with van der Waals surface area (Å²) >= 11 is 3.62. The van der Waals surface area contributed by atoms with E-state index in [2.05, 4.69) is 47.2 Å². The van der Waals surface area contributed by atoms with Crippen LogP contribution in [0.1, 0.15) is 18.9 Å². The van der Waals surface area contributed by atoms with Crippen LogP contribution in [0.4, 0.5) is 16.2 Å². The molecule has 8 nitrogen and oxygen atoms in total. The lowest BCUT2D eigenvalue weighted by molar-refractivity contribution is 0.262. The Balaban J connectivity index is 1.70. The third-order valence-electron chi connectivity index (χ3n) is 4.88. The summed E-state index contributed by atoms with van der Waals surface area (Å²) in [6.07, 6.45) is 0.837. The number of amides is 2. The number of hydrogen-bond acceptors (Lipinski definition) is 5. The molecule has 0 unspecified atom stereocenters. The zero-order valence-electron chi connectivity index (χ0n) is 18.2. The summed E-state index contributed by atoms with van der Waals surface area (Å²) < 4.78 is 6.67. The van der Waals surface area contributed by atoms with Crippen LogP contribution in [-0.2, 0) is 0 Å². The Hall–Kier alpha value is -3.72. The molecule has 0 saturated carbocycles. The van der Waals surface area contributed by atoms with E-state index in [-0.39, 0.29) is 6.03 Å². The number of ether oxygens (including phenoxy) is 1. The lowest BCUT2D eigenvalue weighted by Gasteiger charge is -2.17. The van der Waals surface area contributed by atoms with Crippen molar-refractivity contribution in [3.05, 3.63) is 70.7 Å². The Labute approximate surface area is 199 Å². The fourth-order valence-corrected chi connectivity index (χ4v) is 3.89. The summed E-state index contributed by atoms with van der Waals surface area (Å²) in [5.41, 5.74) is 4.93. The summed E-state index contributed by atoms with van der Waals surface area (Å²) in [6, 6.07) is 18.8. The SMILES string of the molecule is CCCOc1c(Br)cc(-c2ccccc2-c2nn[nH]n2)cc1NC(=O)Nc1ccc(C)cc1. The predicted octanol–water partition coefficient (Wildman–Crippen LogP) is 6.04. The molecule has 0 radical (unpaired) electrons.